The molecule has 1 rings (SSSR count). The first kappa shape index (κ1) is 12.3. The van der Waals surface area contributed by atoms with Crippen molar-refractivity contribution in [3.8, 4) is 0 Å². The third-order valence-electron chi connectivity index (χ3n) is 2.01. The molecule has 0 heterocycles. The second kappa shape index (κ2) is 4.85. The fraction of sp³-hybridized carbons (Fsp3) is 0.200. The van der Waals surface area contributed by atoms with E-state index in [4.69, 9.17) is 23.1 Å². The number of carbonyl (C=O) groups excluding carboxylic acids is 2. The fourth-order valence-electron chi connectivity index (χ4n) is 1.06. The number of primary amides is 1. The van der Waals surface area contributed by atoms with Crippen molar-refractivity contribution in [1.29, 1.82) is 0 Å². The number of nitrogens with one attached hydrogen (secondary N) is 1. The molecule has 0 spiro atoms. The van der Waals surface area contributed by atoms with Crippen LogP contribution in [0, 0.1) is 0 Å². The van der Waals surface area contributed by atoms with E-state index in [1.807, 2.05) is 0 Å². The molecule has 0 bridgehead atoms. The van der Waals surface area contributed by atoms with Crippen LogP contribution in [-0.2, 0) is 4.79 Å². The van der Waals surface area contributed by atoms with E-state index in [9.17, 15) is 9.59 Å². The molecule has 5 nitrogen and oxygen atoms in total. The summed E-state index contributed by atoms with van der Waals surface area (Å²) in [5, 5.41) is 2.65. The molecule has 1 aromatic carbocycles. The van der Waals surface area contributed by atoms with Gasteiger partial charge < -0.3 is 16.8 Å². The predicted molar refractivity (Wildman–Crippen MR) is 62.0 cm³/mol. The molecule has 0 aliphatic carbocycles. The number of nitrogens with two attached hydrogens (primary N) is 2. The normalized spacial score (nSPS) is 11.9. The Labute approximate surface area is 97.7 Å². The molecular formula is C10H12ClN3O2. The van der Waals surface area contributed by atoms with Gasteiger partial charge in [0.25, 0.3) is 5.91 Å². The Balaban J connectivity index is 2.85. The van der Waals surface area contributed by atoms with E-state index in [-0.39, 0.29) is 10.6 Å². The molecule has 2 amide bonds. The third-order valence-corrected chi connectivity index (χ3v) is 2.32. The van der Waals surface area contributed by atoms with E-state index in [0.717, 1.165) is 0 Å². The standard InChI is InChI=1S/C10H12ClN3O2/c1-5(9(13)15)14-10(16)7-3-2-6(12)4-8(7)11/h2-5H,12H2,1H3,(H2,13,15)(H,14,16). The number of halogens is 1. The molecule has 5 N–H and O–H groups in total. The predicted octanol–water partition coefficient (Wildman–Crippen LogP) is 0.526. The van der Waals surface area contributed by atoms with Gasteiger partial charge in [-0.1, -0.05) is 11.6 Å². The summed E-state index contributed by atoms with van der Waals surface area (Å²) in [5.41, 5.74) is 11.2. The minimum Gasteiger partial charge on any atom is -0.399 e. The molecule has 0 aliphatic rings. The van der Waals surface area contributed by atoms with E-state index in [0.29, 0.717) is 5.69 Å². The fourth-order valence-corrected chi connectivity index (χ4v) is 1.34. The molecule has 0 fully saturated rings. The number of hydrogen-bond acceptors (Lipinski definition) is 3. The lowest BCUT2D eigenvalue weighted by atomic mass is 10.2. The maximum atomic E-state index is 11.6. The number of carbonyl (C=O) groups is 2. The number of hydrogen-bond donors (Lipinski definition) is 3. The van der Waals surface area contributed by atoms with Crippen molar-refractivity contribution in [2.24, 2.45) is 5.73 Å². The van der Waals surface area contributed by atoms with Crippen LogP contribution >= 0.6 is 11.6 Å². The van der Waals surface area contributed by atoms with E-state index in [2.05, 4.69) is 5.32 Å². The number of amides is 2. The highest BCUT2D eigenvalue weighted by Crippen LogP contribution is 2.18. The van der Waals surface area contributed by atoms with Crippen LogP contribution in [0.2, 0.25) is 5.02 Å². The van der Waals surface area contributed by atoms with Crippen LogP contribution < -0.4 is 16.8 Å². The van der Waals surface area contributed by atoms with Crippen molar-refractivity contribution >= 4 is 29.1 Å². The third kappa shape index (κ3) is 2.87. The van der Waals surface area contributed by atoms with Crippen molar-refractivity contribution in [3.05, 3.63) is 28.8 Å². The van der Waals surface area contributed by atoms with Crippen LogP contribution in [0.3, 0.4) is 0 Å². The molecule has 0 aliphatic heterocycles. The van der Waals surface area contributed by atoms with Gasteiger partial charge in [-0.05, 0) is 25.1 Å². The number of nitrogen functional groups attached to an aromatic ring is 1. The van der Waals surface area contributed by atoms with Crippen molar-refractivity contribution in [1.82, 2.24) is 5.32 Å². The number of rotatable bonds is 3. The highest BCUT2D eigenvalue weighted by atomic mass is 35.5. The van der Waals surface area contributed by atoms with Crippen LogP contribution in [-0.4, -0.2) is 17.9 Å². The van der Waals surface area contributed by atoms with Crippen LogP contribution in [0.1, 0.15) is 17.3 Å². The summed E-state index contributed by atoms with van der Waals surface area (Å²) < 4.78 is 0. The smallest absolute Gasteiger partial charge is 0.253 e. The first-order chi connectivity index (χ1) is 7.41. The summed E-state index contributed by atoms with van der Waals surface area (Å²) >= 11 is 5.83. The molecular weight excluding hydrogens is 230 g/mol. The van der Waals surface area contributed by atoms with E-state index < -0.39 is 17.9 Å². The average molecular weight is 242 g/mol. The molecule has 0 radical (unpaired) electrons. The monoisotopic (exact) mass is 241 g/mol. The minimum atomic E-state index is -0.749. The first-order valence-electron chi connectivity index (χ1n) is 4.57. The van der Waals surface area contributed by atoms with Gasteiger partial charge in [0.2, 0.25) is 5.91 Å². The van der Waals surface area contributed by atoms with E-state index in [1.54, 1.807) is 6.07 Å². The summed E-state index contributed by atoms with van der Waals surface area (Å²) in [6.45, 7) is 1.49. The second-order valence-electron chi connectivity index (χ2n) is 3.34. The average Bonchev–Trinajstić information content (AvgIpc) is 2.16. The van der Waals surface area contributed by atoms with E-state index in [1.165, 1.54) is 19.1 Å². The van der Waals surface area contributed by atoms with Crippen molar-refractivity contribution in [3.63, 3.8) is 0 Å². The lowest BCUT2D eigenvalue weighted by molar-refractivity contribution is -0.119. The lowest BCUT2D eigenvalue weighted by Crippen LogP contribution is -2.42. The second-order valence-corrected chi connectivity index (χ2v) is 3.74. The molecule has 16 heavy (non-hydrogen) atoms. The van der Waals surface area contributed by atoms with Gasteiger partial charge in [0.15, 0.2) is 0 Å². The zero-order valence-corrected chi connectivity index (χ0v) is 9.41. The zero-order valence-electron chi connectivity index (χ0n) is 8.66. The van der Waals surface area contributed by atoms with Crippen molar-refractivity contribution in [2.75, 3.05) is 5.73 Å². The van der Waals surface area contributed by atoms with E-state index >= 15 is 0 Å². The molecule has 1 aromatic rings. The molecule has 0 aromatic heterocycles. The summed E-state index contributed by atoms with van der Waals surface area (Å²) in [7, 11) is 0. The van der Waals surface area contributed by atoms with Gasteiger partial charge in [-0.2, -0.15) is 0 Å². The number of anilines is 1. The van der Waals surface area contributed by atoms with Crippen LogP contribution in [0.5, 0.6) is 0 Å². The maximum Gasteiger partial charge on any atom is 0.253 e. The molecule has 1 unspecified atom stereocenters. The highest BCUT2D eigenvalue weighted by molar-refractivity contribution is 6.34. The van der Waals surface area contributed by atoms with Crippen molar-refractivity contribution < 1.29 is 9.59 Å². The van der Waals surface area contributed by atoms with Gasteiger partial charge >= 0.3 is 0 Å². The number of benzene rings is 1. The molecule has 86 valence electrons. The van der Waals surface area contributed by atoms with Gasteiger partial charge in [0, 0.05) is 5.69 Å². The Hall–Kier alpha value is -1.75. The van der Waals surface area contributed by atoms with Gasteiger partial charge in [0.1, 0.15) is 6.04 Å². The summed E-state index contributed by atoms with van der Waals surface area (Å²) in [4.78, 5) is 22.4. The quantitative estimate of drug-likeness (QED) is 0.673. The van der Waals surface area contributed by atoms with Crippen LogP contribution in [0.25, 0.3) is 0 Å². The molecule has 0 saturated heterocycles. The zero-order chi connectivity index (χ0) is 12.3. The van der Waals surface area contributed by atoms with Gasteiger partial charge in [-0.25, -0.2) is 0 Å². The first-order valence-corrected chi connectivity index (χ1v) is 4.95. The summed E-state index contributed by atoms with van der Waals surface area (Å²) in [6.07, 6.45) is 0. The molecule has 0 saturated carbocycles. The topological polar surface area (TPSA) is 98.2 Å². The Morgan fingerprint density at radius 1 is 1.44 bits per heavy atom. The van der Waals surface area contributed by atoms with Gasteiger partial charge in [0.05, 0.1) is 10.6 Å². The molecule has 6 heteroatoms. The van der Waals surface area contributed by atoms with Crippen LogP contribution in [0.4, 0.5) is 5.69 Å². The summed E-state index contributed by atoms with van der Waals surface area (Å²) in [6, 6.07) is 3.75. The van der Waals surface area contributed by atoms with Gasteiger partial charge in [-0.3, -0.25) is 9.59 Å². The minimum absolute atomic E-state index is 0.231. The largest absolute Gasteiger partial charge is 0.399 e. The van der Waals surface area contributed by atoms with Gasteiger partial charge in [-0.15, -0.1) is 0 Å². The SMILES string of the molecule is CC(NC(=O)c1ccc(N)cc1Cl)C(N)=O. The lowest BCUT2D eigenvalue weighted by Gasteiger charge is -2.11. The highest BCUT2D eigenvalue weighted by Gasteiger charge is 2.15. The maximum absolute atomic E-state index is 11.6. The Bertz CT molecular complexity index is 434. The van der Waals surface area contributed by atoms with Crippen molar-refractivity contribution in [2.45, 2.75) is 13.0 Å². The van der Waals surface area contributed by atoms with Crippen LogP contribution in [0.15, 0.2) is 18.2 Å². The Morgan fingerprint density at radius 2 is 2.06 bits per heavy atom. The molecule has 1 atom stereocenters. The Kier molecular flexibility index (Phi) is 3.73. The summed E-state index contributed by atoms with van der Waals surface area (Å²) in [5.74, 6) is -1.07. The Morgan fingerprint density at radius 3 is 2.56 bits per heavy atom.